The molecule has 4 aromatic carbocycles. The number of fused-ring (bicyclic) bond motifs is 4. The fourth-order valence-electron chi connectivity index (χ4n) is 13.0. The summed E-state index contributed by atoms with van der Waals surface area (Å²) in [4.78, 5) is 91.1. The van der Waals surface area contributed by atoms with E-state index in [0.717, 1.165) is 104 Å². The first kappa shape index (κ1) is 98.9. The van der Waals surface area contributed by atoms with Gasteiger partial charge < -0.3 is 24.9 Å². The maximum Gasteiger partial charge on any atom is 0.417 e. The molecule has 52 heteroatoms. The van der Waals surface area contributed by atoms with Gasteiger partial charge in [0, 0.05) is 107 Å². The number of hydrogen-bond donors (Lipinski definition) is 8. The minimum absolute atomic E-state index is 0.00198. The summed E-state index contributed by atoms with van der Waals surface area (Å²) < 4.78 is 277. The van der Waals surface area contributed by atoms with E-state index in [0.29, 0.717) is 62.1 Å². The molecule has 16 rings (SSSR count). The van der Waals surface area contributed by atoms with E-state index in [1.165, 1.54) is 70.0 Å². The van der Waals surface area contributed by atoms with Crippen LogP contribution in [0, 0.1) is 13.8 Å². The second-order valence-corrected chi connectivity index (χ2v) is 37.3. The van der Waals surface area contributed by atoms with Gasteiger partial charge in [0.1, 0.15) is 45.5 Å². The number of anilines is 4. The van der Waals surface area contributed by atoms with Crippen molar-refractivity contribution in [3.05, 3.63) is 322 Å². The Kier molecular flexibility index (Phi) is 28.1. The molecule has 8 N–H and O–H groups in total. The number of nitrogens with one attached hydrogen (secondary N) is 7. The maximum atomic E-state index is 13.5. The van der Waals surface area contributed by atoms with Crippen LogP contribution in [0.3, 0.4) is 0 Å². The van der Waals surface area contributed by atoms with Crippen LogP contribution in [-0.2, 0) is 64.8 Å². The number of H-pyrrole nitrogens is 3. The third kappa shape index (κ3) is 21.8. The second-order valence-electron chi connectivity index (χ2n) is 28.1. The maximum absolute atomic E-state index is 13.5. The first-order chi connectivity index (χ1) is 63.2. The number of ketones is 4. The fourth-order valence-corrected chi connectivity index (χ4v) is 18.4. The molecule has 30 nitrogen and oxygen atoms in total. The molecule has 0 saturated heterocycles. The van der Waals surface area contributed by atoms with Crippen LogP contribution in [0.1, 0.15) is 97.6 Å². The number of carbonyl (C=O) groups excluding carboxylic acids is 4. The van der Waals surface area contributed by atoms with Crippen LogP contribution >= 0.6 is 69.6 Å². The molecular formula is C83H52Cl6F12N16O14S4. The molecule has 0 aliphatic carbocycles. The predicted molar refractivity (Wildman–Crippen MR) is 470 cm³/mol. The molecule has 0 unspecified atom stereocenters. The van der Waals surface area contributed by atoms with Crippen molar-refractivity contribution < 1.29 is 115 Å². The monoisotopic (exact) mass is 2060 g/mol. The first-order valence-corrected chi connectivity index (χ1v) is 45.5. The summed E-state index contributed by atoms with van der Waals surface area (Å²) in [5.41, 5.74) is -5.70. The summed E-state index contributed by atoms with van der Waals surface area (Å²) in [6.45, 7) is 2.44. The molecule has 14 aromatic rings. The summed E-state index contributed by atoms with van der Waals surface area (Å²) in [5.74, 6) is -2.56. The van der Waals surface area contributed by atoms with Crippen LogP contribution in [0.5, 0.6) is 5.75 Å². The zero-order chi connectivity index (χ0) is 98.3. The van der Waals surface area contributed by atoms with Crippen LogP contribution in [-0.4, -0.2) is 129 Å². The number of aromatic amines is 3. The van der Waals surface area contributed by atoms with Gasteiger partial charge in [0.05, 0.1) is 114 Å². The van der Waals surface area contributed by atoms with Gasteiger partial charge in [0.25, 0.3) is 40.1 Å². The van der Waals surface area contributed by atoms with Gasteiger partial charge in [-0.25, -0.2) is 73.5 Å². The molecule has 0 radical (unpaired) electrons. The highest BCUT2D eigenvalue weighted by molar-refractivity contribution is 7.93. The molecule has 0 atom stereocenters. The highest BCUT2D eigenvalue weighted by Gasteiger charge is 2.40. The topological polar surface area (TPSA) is 438 Å². The van der Waals surface area contributed by atoms with E-state index in [9.17, 15) is 111 Å². The lowest BCUT2D eigenvalue weighted by atomic mass is 10.0. The van der Waals surface area contributed by atoms with E-state index in [2.05, 4.69) is 73.7 Å². The van der Waals surface area contributed by atoms with Crippen molar-refractivity contribution in [2.24, 2.45) is 0 Å². The molecule has 0 spiro atoms. The number of ether oxygens (including phenoxy) is 1. The molecule has 0 bridgehead atoms. The van der Waals surface area contributed by atoms with Gasteiger partial charge in [0.2, 0.25) is 23.1 Å². The zero-order valence-electron chi connectivity index (χ0n) is 67.4. The predicted octanol–water partition coefficient (Wildman–Crippen LogP) is 20.2. The number of hydrogen-bond acceptors (Lipinski definition) is 22. The summed E-state index contributed by atoms with van der Waals surface area (Å²) in [6, 6.07) is 24.4. The molecular weight excluding hydrogens is 2010 g/mol. The minimum Gasteiger partial charge on any atom is -0.494 e. The van der Waals surface area contributed by atoms with Crippen molar-refractivity contribution in [2.45, 2.75) is 58.1 Å². The lowest BCUT2D eigenvalue weighted by Crippen LogP contribution is -2.18. The molecule has 135 heavy (non-hydrogen) atoms. The average molecular weight is 2070 g/mol. The van der Waals surface area contributed by atoms with E-state index >= 15 is 0 Å². The quantitative estimate of drug-likeness (QED) is 0.0188. The number of aryl methyl sites for hydroxylation is 2. The largest absolute Gasteiger partial charge is 0.494 e. The lowest BCUT2D eigenvalue weighted by Gasteiger charge is -2.15. The van der Waals surface area contributed by atoms with Gasteiger partial charge in [-0.3, -0.25) is 38.1 Å². The third-order valence-electron chi connectivity index (χ3n) is 19.2. The molecule has 698 valence electrons. The van der Waals surface area contributed by atoms with Crippen molar-refractivity contribution in [3.63, 3.8) is 0 Å². The Morgan fingerprint density at radius 1 is 0.370 bits per heavy atom. The van der Waals surface area contributed by atoms with Crippen LogP contribution in [0.2, 0.25) is 30.1 Å². The molecule has 0 amide bonds. The summed E-state index contributed by atoms with van der Waals surface area (Å²) >= 11 is 34.9. The van der Waals surface area contributed by atoms with Crippen LogP contribution < -0.4 is 23.6 Å². The number of aromatic nitrogens is 12. The Labute approximate surface area is 782 Å². The molecule has 0 saturated carbocycles. The van der Waals surface area contributed by atoms with Crippen molar-refractivity contribution in [1.82, 2.24) is 59.6 Å². The van der Waals surface area contributed by atoms with Crippen molar-refractivity contribution in [1.29, 1.82) is 0 Å². The molecule has 2 aliphatic heterocycles. The average Bonchev–Trinajstić information content (AvgIpc) is 1.23. The normalized spacial score (nSPS) is 12.1. The summed E-state index contributed by atoms with van der Waals surface area (Å²) in [7, 11) is -17.0. The number of rotatable bonds is 21. The number of methoxy groups -OCH3 is 1. The van der Waals surface area contributed by atoms with E-state index < -0.39 is 140 Å². The number of sulfonamides is 4. The van der Waals surface area contributed by atoms with E-state index in [-0.39, 0.29) is 116 Å². The molecule has 2 aliphatic rings. The molecule has 0 fully saturated rings. The van der Waals surface area contributed by atoms with E-state index in [1.807, 2.05) is 0 Å². The standard InChI is InChI=1S/C22H16ClF3N4O4S.C21H14ClF3N4O3S.C20H11Cl2F3N4O4S.C20H11Cl2F3N4O3S/c1-11-3-4-13(8-15(11)22(24,25)26)35(32,33)30-16-7-12(23)9-28-19(16)20(31)18-14-5-6-27-21(14)29-10-17(18)34-2;1-11-2-3-13(9-16(11)21(23,24)25)33(31,32)29-17-8-12(22)10-28-18(17)19(30)14-4-6-26-20-15(14)5-7-27-20;21-10-7-16(28-34(32,33)11-1-2-15(22)14(8-11)20(23,24)25)17(27-9-10)18(30)12-4-6-29(31)19-13(12)3-5-26-19;21-10-7-16(29-33(31,32)11-1-2-15(22)14(8-11)20(23,24)25)17(28-9-10)18(30)12-3-5-26-19-13(12)4-6-27-19/h3-10,30H,1-2H3,(H,27,29);2-10,29H,1H3,(H,26,27);1-9,28,31H;1-9,29H,(H,26,27). The number of benzene rings is 4. The van der Waals surface area contributed by atoms with Crippen molar-refractivity contribution in [3.8, 4) is 17.1 Å². The summed E-state index contributed by atoms with van der Waals surface area (Å²) in [5, 5.41) is 9.83. The zero-order valence-corrected chi connectivity index (χ0v) is 75.2. The summed E-state index contributed by atoms with van der Waals surface area (Å²) in [6.07, 6.45) is -3.37. The van der Waals surface area contributed by atoms with Gasteiger partial charge in [-0.1, -0.05) is 81.7 Å². The van der Waals surface area contributed by atoms with Gasteiger partial charge >= 0.3 is 24.7 Å². The second kappa shape index (κ2) is 38.4. The minimum atomic E-state index is -4.89. The number of carbonyl (C=O) groups is 4. The van der Waals surface area contributed by atoms with Crippen molar-refractivity contribution in [2.75, 3.05) is 26.0 Å². The smallest absolute Gasteiger partial charge is 0.417 e. The van der Waals surface area contributed by atoms with Gasteiger partial charge in [-0.2, -0.15) is 57.4 Å². The number of halogens is 18. The van der Waals surface area contributed by atoms with Crippen LogP contribution in [0.15, 0.2) is 233 Å². The molecule has 12 heterocycles. The first-order valence-electron chi connectivity index (χ1n) is 37.3. The van der Waals surface area contributed by atoms with Crippen molar-refractivity contribution >= 4 is 189 Å². The Morgan fingerprint density at radius 3 is 1.04 bits per heavy atom. The Morgan fingerprint density at radius 2 is 0.689 bits per heavy atom. The van der Waals surface area contributed by atoms with E-state index in [4.69, 9.17) is 74.3 Å². The Balaban J connectivity index is 0.000000152. The van der Waals surface area contributed by atoms with Crippen LogP contribution in [0.25, 0.3) is 44.5 Å². The van der Waals surface area contributed by atoms with Gasteiger partial charge in [0.15, 0.2) is 5.82 Å². The highest BCUT2D eigenvalue weighted by atomic mass is 35.5. The third-order valence-corrected chi connectivity index (χ3v) is 26.2. The SMILES string of the molecule is COc1cnc2[nH]ccc2c1C(=O)c1ncc(Cl)cc1NS(=O)(=O)c1ccc(C)c(C(F)(F)F)c1.Cc1ccc(S(=O)(=O)Nc2cc(Cl)cnc2C(=O)c2ccnc3[nH]ccc23)cc1C(F)(F)F.O=C(c1ccn(O)c2nccc1-2)c1ncc(Cl)cc1NS(=O)(=O)c1ccc(Cl)c(C(F)(F)F)c1.O=C(c1ncc(Cl)cc1NS(=O)(=O)c1ccc(Cl)c(C(F)(F)F)c1)c1ccnc2[nH]ccc12. The molecule has 10 aromatic heterocycles. The van der Waals surface area contributed by atoms with E-state index in [1.54, 1.807) is 36.8 Å². The number of nitrogens with zero attached hydrogens (tertiary/aromatic N) is 9. The Hall–Kier alpha value is -13.6. The fraction of sp³-hybridized carbons (Fsp3) is 0.0843. The Bertz CT molecular complexity index is 7680. The number of alkyl halides is 12. The lowest BCUT2D eigenvalue weighted by molar-refractivity contribution is -0.139. The van der Waals surface area contributed by atoms with Gasteiger partial charge in [-0.05, 0) is 152 Å². The number of pyridine rings is 8. The van der Waals surface area contributed by atoms with Gasteiger partial charge in [-0.15, -0.1) is 0 Å². The highest BCUT2D eigenvalue weighted by Crippen LogP contribution is 2.43. The van der Waals surface area contributed by atoms with Crippen LogP contribution in [0.4, 0.5) is 75.4 Å².